The number of carbonyl (C=O) groups is 4. The Balaban J connectivity index is 2.62. The molecule has 0 aromatic heterocycles. The van der Waals surface area contributed by atoms with E-state index < -0.39 is 43.0 Å². The normalized spacial score (nSPS) is 19.6. The number of hydrogen-bond acceptors (Lipinski definition) is 7. The minimum Gasteiger partial charge on any atom is -0.462 e. The van der Waals surface area contributed by atoms with Crippen LogP contribution in [-0.4, -0.2) is 61.9 Å². The highest BCUT2D eigenvalue weighted by Crippen LogP contribution is 2.40. The van der Waals surface area contributed by atoms with Crippen LogP contribution in [0.5, 0.6) is 0 Å². The summed E-state index contributed by atoms with van der Waals surface area (Å²) >= 11 is 10.2. The molecule has 0 aromatic rings. The lowest BCUT2D eigenvalue weighted by Gasteiger charge is -2.33. The third kappa shape index (κ3) is 16.9. The fourth-order valence-electron chi connectivity index (χ4n) is 5.76. The summed E-state index contributed by atoms with van der Waals surface area (Å²) in [6.07, 6.45) is 16.9. The van der Waals surface area contributed by atoms with E-state index in [0.29, 0.717) is 0 Å². The molecule has 0 bridgehead atoms. The first-order valence-electron chi connectivity index (χ1n) is 17.5. The van der Waals surface area contributed by atoms with Gasteiger partial charge in [-0.1, -0.05) is 145 Å². The number of esters is 2. The zero-order valence-corrected chi connectivity index (χ0v) is 34.3. The van der Waals surface area contributed by atoms with Crippen molar-refractivity contribution in [3.8, 4) is 0 Å². The van der Waals surface area contributed by atoms with Gasteiger partial charge in [0, 0.05) is 6.42 Å². The van der Waals surface area contributed by atoms with E-state index >= 15 is 0 Å². The number of ketones is 2. The summed E-state index contributed by atoms with van der Waals surface area (Å²) in [4.78, 5) is 52.6. The first kappa shape index (κ1) is 43.7. The van der Waals surface area contributed by atoms with E-state index in [-0.39, 0.29) is 37.2 Å². The molecule has 1 aliphatic heterocycles. The summed E-state index contributed by atoms with van der Waals surface area (Å²) in [5.41, 5.74) is 0. The number of alkyl halides is 3. The summed E-state index contributed by atoms with van der Waals surface area (Å²) in [6.45, 7) is 12.2. The van der Waals surface area contributed by atoms with E-state index in [2.05, 4.69) is 54.7 Å². The van der Waals surface area contributed by atoms with E-state index in [0.717, 1.165) is 19.3 Å². The van der Waals surface area contributed by atoms with Crippen LogP contribution in [-0.2, 0) is 33.4 Å². The summed E-state index contributed by atoms with van der Waals surface area (Å²) in [5, 5.41) is 0. The lowest BCUT2D eigenvalue weighted by Crippen LogP contribution is -2.50. The second-order valence-corrected chi connectivity index (χ2v) is 20.4. The maximum Gasteiger partial charge on any atom is 0.322 e. The van der Waals surface area contributed by atoms with Gasteiger partial charge in [0.2, 0.25) is 0 Å². The van der Waals surface area contributed by atoms with Crippen LogP contribution in [0.3, 0.4) is 0 Å². The molecule has 1 heterocycles. The van der Waals surface area contributed by atoms with Crippen molar-refractivity contribution < 1.29 is 33.4 Å². The van der Waals surface area contributed by atoms with Gasteiger partial charge in [-0.15, -0.1) is 0 Å². The van der Waals surface area contributed by atoms with Crippen molar-refractivity contribution >= 4 is 71.3 Å². The highest BCUT2D eigenvalue weighted by atomic mass is 79.9. The lowest BCUT2D eigenvalue weighted by molar-refractivity contribution is -0.170. The van der Waals surface area contributed by atoms with Crippen LogP contribution in [0.25, 0.3) is 0 Å². The fraction of sp³-hybridized carbons (Fsp3) is 0.889. The van der Waals surface area contributed by atoms with Gasteiger partial charge in [0.05, 0.1) is 27.1 Å². The number of Topliss-reactive ketones (excluding diaryl/α,β-unsaturated/α-hetero) is 2. The van der Waals surface area contributed by atoms with Crippen molar-refractivity contribution in [2.24, 2.45) is 11.8 Å². The van der Waals surface area contributed by atoms with Gasteiger partial charge >= 0.3 is 11.9 Å². The Morgan fingerprint density at radius 3 is 1.52 bits per heavy atom. The minimum absolute atomic E-state index is 0.00313. The monoisotopic (exact) mass is 842 g/mol. The molecule has 1 saturated heterocycles. The molecular formula is C36H61Br3O7. The molecule has 0 radical (unpaired) electrons. The standard InChI is InChI=1S/C36H61Br3O7/c1-8-9-10-11-12-13-14-15-16-17-18-19-20-21-22-23-28(40)44-25-27(46-33(43)36(6,7)39)30-29(32(42)35(4,5)38)26(24-45-30)31(41)34(2,3)37/h26-27,29-30H,8-25H2,1-7H3. The van der Waals surface area contributed by atoms with Crippen LogP contribution in [0.1, 0.15) is 151 Å². The van der Waals surface area contributed by atoms with Crippen molar-refractivity contribution in [3.05, 3.63) is 0 Å². The number of halogens is 3. The van der Waals surface area contributed by atoms with Gasteiger partial charge in [-0.2, -0.15) is 0 Å². The zero-order chi connectivity index (χ0) is 35.0. The van der Waals surface area contributed by atoms with Crippen molar-refractivity contribution in [3.63, 3.8) is 0 Å². The Kier molecular flexibility index (Phi) is 20.6. The highest BCUT2D eigenvalue weighted by Gasteiger charge is 2.54. The van der Waals surface area contributed by atoms with Gasteiger partial charge in [-0.05, 0) is 48.0 Å². The van der Waals surface area contributed by atoms with Gasteiger partial charge < -0.3 is 14.2 Å². The maximum atomic E-state index is 13.7. The van der Waals surface area contributed by atoms with Gasteiger partial charge in [0.15, 0.2) is 17.7 Å². The zero-order valence-electron chi connectivity index (χ0n) is 29.5. The van der Waals surface area contributed by atoms with Gasteiger partial charge in [0.1, 0.15) is 17.0 Å². The second kappa shape index (κ2) is 21.7. The molecule has 4 atom stereocenters. The van der Waals surface area contributed by atoms with Crippen LogP contribution in [0, 0.1) is 11.8 Å². The molecule has 0 saturated carbocycles. The predicted molar refractivity (Wildman–Crippen MR) is 196 cm³/mol. The highest BCUT2D eigenvalue weighted by molar-refractivity contribution is 9.10. The molecule has 1 fully saturated rings. The molecule has 0 N–H and O–H groups in total. The number of ether oxygens (including phenoxy) is 3. The smallest absolute Gasteiger partial charge is 0.322 e. The minimum atomic E-state index is -1.06. The number of rotatable bonds is 25. The molecule has 10 heteroatoms. The Bertz CT molecular complexity index is 933. The summed E-state index contributed by atoms with van der Waals surface area (Å²) < 4.78 is 14.6. The van der Waals surface area contributed by atoms with Crippen LogP contribution < -0.4 is 0 Å². The first-order chi connectivity index (χ1) is 21.4. The van der Waals surface area contributed by atoms with E-state index in [1.165, 1.54) is 77.0 Å². The van der Waals surface area contributed by atoms with Gasteiger partial charge in [-0.3, -0.25) is 19.2 Å². The summed E-state index contributed by atoms with van der Waals surface area (Å²) in [5.74, 6) is -3.04. The molecule has 0 aliphatic carbocycles. The van der Waals surface area contributed by atoms with Gasteiger partial charge in [0.25, 0.3) is 0 Å². The Hall–Kier alpha value is -0.320. The van der Waals surface area contributed by atoms with Crippen molar-refractivity contribution in [2.45, 2.75) is 176 Å². The van der Waals surface area contributed by atoms with Crippen molar-refractivity contribution in [2.75, 3.05) is 13.2 Å². The molecule has 1 rings (SSSR count). The molecule has 0 aromatic carbocycles. The van der Waals surface area contributed by atoms with Crippen molar-refractivity contribution in [1.29, 1.82) is 0 Å². The lowest BCUT2D eigenvalue weighted by atomic mass is 9.77. The quantitative estimate of drug-likeness (QED) is 0.0513. The summed E-state index contributed by atoms with van der Waals surface area (Å²) in [7, 11) is 0. The largest absolute Gasteiger partial charge is 0.462 e. The third-order valence-electron chi connectivity index (χ3n) is 8.57. The van der Waals surface area contributed by atoms with E-state index in [4.69, 9.17) is 14.2 Å². The molecule has 46 heavy (non-hydrogen) atoms. The molecule has 4 unspecified atom stereocenters. The van der Waals surface area contributed by atoms with Crippen LogP contribution in [0.15, 0.2) is 0 Å². The number of hydrogen-bond donors (Lipinski definition) is 0. The molecule has 1 aliphatic rings. The SMILES string of the molecule is CCCCCCCCCCCCCCCCCC(=O)OCC(OC(=O)C(C)(C)Br)C1OCC(C(=O)C(C)(C)Br)C1C(=O)C(C)(C)Br. The summed E-state index contributed by atoms with van der Waals surface area (Å²) in [6, 6.07) is 0. The fourth-order valence-corrected chi connectivity index (χ4v) is 6.41. The molecular weight excluding hydrogens is 784 g/mol. The molecule has 268 valence electrons. The second-order valence-electron chi connectivity index (χ2n) is 14.4. The molecule has 0 spiro atoms. The molecule has 0 amide bonds. The van der Waals surface area contributed by atoms with Crippen molar-refractivity contribution in [1.82, 2.24) is 0 Å². The Morgan fingerprint density at radius 2 is 1.11 bits per heavy atom. The Labute approximate surface area is 304 Å². The molecule has 7 nitrogen and oxygen atoms in total. The first-order valence-corrected chi connectivity index (χ1v) is 19.9. The topological polar surface area (TPSA) is 96.0 Å². The number of carbonyl (C=O) groups excluding carboxylic acids is 4. The average Bonchev–Trinajstić information content (AvgIpc) is 3.39. The van der Waals surface area contributed by atoms with E-state index in [9.17, 15) is 19.2 Å². The third-order valence-corrected chi connectivity index (χ3v) is 9.68. The van der Waals surface area contributed by atoms with Crippen LogP contribution in [0.2, 0.25) is 0 Å². The predicted octanol–water partition coefficient (Wildman–Crippen LogP) is 9.99. The van der Waals surface area contributed by atoms with E-state index in [1.807, 2.05) is 0 Å². The van der Waals surface area contributed by atoms with Crippen LogP contribution >= 0.6 is 47.8 Å². The maximum absolute atomic E-state index is 13.7. The van der Waals surface area contributed by atoms with Gasteiger partial charge in [-0.25, -0.2) is 0 Å². The number of unbranched alkanes of at least 4 members (excludes halogenated alkanes) is 14. The average molecular weight is 846 g/mol. The van der Waals surface area contributed by atoms with E-state index in [1.54, 1.807) is 41.5 Å². The Morgan fingerprint density at radius 1 is 0.674 bits per heavy atom. The van der Waals surface area contributed by atoms with Crippen LogP contribution in [0.4, 0.5) is 0 Å².